The van der Waals surface area contributed by atoms with Crippen molar-refractivity contribution in [3.8, 4) is 23.0 Å². The lowest BCUT2D eigenvalue weighted by Gasteiger charge is -2.18. The Labute approximate surface area is 194 Å². The summed E-state index contributed by atoms with van der Waals surface area (Å²) in [6.07, 6.45) is 1.49. The molecule has 0 spiro atoms. The molecular weight excluding hydrogens is 470 g/mol. The van der Waals surface area contributed by atoms with Crippen LogP contribution in [0.25, 0.3) is 11.5 Å². The van der Waals surface area contributed by atoms with Gasteiger partial charge >= 0.3 is 0 Å². The van der Waals surface area contributed by atoms with E-state index >= 15 is 0 Å². The van der Waals surface area contributed by atoms with Gasteiger partial charge in [-0.2, -0.15) is 0 Å². The maximum absolute atomic E-state index is 12.4. The van der Waals surface area contributed by atoms with Crippen LogP contribution in [0.5, 0.6) is 11.5 Å². The number of fused-ring (bicyclic) bond motifs is 1. The molecule has 0 aliphatic carbocycles. The van der Waals surface area contributed by atoms with Crippen LogP contribution in [0.15, 0.2) is 55.9 Å². The molecule has 3 aromatic heterocycles. The van der Waals surface area contributed by atoms with Gasteiger partial charge in [-0.15, -0.1) is 10.2 Å². The van der Waals surface area contributed by atoms with E-state index in [0.717, 1.165) is 11.3 Å². The third-order valence-corrected chi connectivity index (χ3v) is 6.26. The van der Waals surface area contributed by atoms with Crippen LogP contribution < -0.4 is 20.1 Å². The highest BCUT2D eigenvalue weighted by molar-refractivity contribution is 8.01. The predicted octanol–water partition coefficient (Wildman–Crippen LogP) is 3.54. The van der Waals surface area contributed by atoms with Crippen molar-refractivity contribution in [2.24, 2.45) is 0 Å². The Bertz CT molecular complexity index is 1290. The van der Waals surface area contributed by atoms with E-state index in [1.54, 1.807) is 30.3 Å². The van der Waals surface area contributed by atoms with Crippen molar-refractivity contribution in [1.29, 1.82) is 0 Å². The second kappa shape index (κ2) is 9.34. The average molecular weight is 486 g/mol. The number of hydrogen-bond donors (Lipinski definition) is 2. The fourth-order valence-corrected chi connectivity index (χ4v) is 4.39. The van der Waals surface area contributed by atoms with E-state index in [9.17, 15) is 9.59 Å². The van der Waals surface area contributed by atoms with Crippen molar-refractivity contribution in [1.82, 2.24) is 15.4 Å². The lowest BCUT2D eigenvalue weighted by Crippen LogP contribution is -2.17. The van der Waals surface area contributed by atoms with Crippen LogP contribution in [0.3, 0.4) is 0 Å². The number of carbonyl (C=O) groups is 2. The molecule has 0 atom stereocenters. The molecule has 4 aromatic rings. The summed E-state index contributed by atoms with van der Waals surface area (Å²) in [6.45, 7) is 0.974. The number of furan rings is 1. The minimum Gasteiger partial charge on any atom is -0.486 e. The summed E-state index contributed by atoms with van der Waals surface area (Å²) >= 11 is 2.34. The number of amides is 2. The van der Waals surface area contributed by atoms with Crippen LogP contribution in [0.2, 0.25) is 0 Å². The Balaban J connectivity index is 1.13. The van der Waals surface area contributed by atoms with Crippen LogP contribution in [0.4, 0.5) is 10.8 Å². The smallest absolute Gasteiger partial charge is 0.279 e. The molecule has 13 heteroatoms. The van der Waals surface area contributed by atoms with E-state index in [0.29, 0.717) is 46.3 Å². The van der Waals surface area contributed by atoms with Crippen LogP contribution in [-0.4, -0.2) is 46.1 Å². The molecule has 5 rings (SSSR count). The molecule has 2 N–H and O–H groups in total. The van der Waals surface area contributed by atoms with Gasteiger partial charge in [0.05, 0.1) is 12.0 Å². The summed E-state index contributed by atoms with van der Waals surface area (Å²) in [4.78, 5) is 24.6. The Morgan fingerprint density at radius 3 is 2.76 bits per heavy atom. The third kappa shape index (κ3) is 4.99. The highest BCUT2D eigenvalue weighted by Crippen LogP contribution is 2.33. The second-order valence-corrected chi connectivity index (χ2v) is 8.78. The molecule has 0 unspecified atom stereocenters. The van der Waals surface area contributed by atoms with E-state index < -0.39 is 5.91 Å². The number of rotatable bonds is 7. The Morgan fingerprint density at radius 1 is 1.03 bits per heavy atom. The summed E-state index contributed by atoms with van der Waals surface area (Å²) in [5.74, 6) is 1.45. The minimum atomic E-state index is -0.499. The van der Waals surface area contributed by atoms with Gasteiger partial charge in [0.15, 0.2) is 27.3 Å². The van der Waals surface area contributed by atoms with Gasteiger partial charge in [0.2, 0.25) is 16.8 Å². The highest BCUT2D eigenvalue weighted by Gasteiger charge is 2.18. The number of nitrogens with zero attached hydrogens (tertiary/aromatic N) is 3. The zero-order valence-electron chi connectivity index (χ0n) is 16.8. The van der Waals surface area contributed by atoms with Crippen molar-refractivity contribution in [3.05, 3.63) is 48.4 Å². The van der Waals surface area contributed by atoms with Gasteiger partial charge in [-0.1, -0.05) is 28.3 Å². The summed E-state index contributed by atoms with van der Waals surface area (Å²) in [7, 11) is 0. The Hall–Kier alpha value is -3.84. The zero-order valence-corrected chi connectivity index (χ0v) is 18.4. The topological polar surface area (TPSA) is 142 Å². The summed E-state index contributed by atoms with van der Waals surface area (Å²) < 4.78 is 21.8. The first kappa shape index (κ1) is 21.0. The first-order valence-corrected chi connectivity index (χ1v) is 11.4. The highest BCUT2D eigenvalue weighted by atomic mass is 32.2. The van der Waals surface area contributed by atoms with E-state index in [4.69, 9.17) is 18.4 Å². The molecule has 0 bridgehead atoms. The van der Waals surface area contributed by atoms with Crippen LogP contribution >= 0.6 is 23.1 Å². The monoisotopic (exact) mass is 485 g/mol. The maximum atomic E-state index is 12.4. The zero-order chi connectivity index (χ0) is 22.6. The van der Waals surface area contributed by atoms with Gasteiger partial charge in [0.1, 0.15) is 13.2 Å². The van der Waals surface area contributed by atoms with Gasteiger partial charge in [-0.25, -0.2) is 0 Å². The molecule has 4 heterocycles. The molecule has 0 saturated heterocycles. The second-order valence-electron chi connectivity index (χ2n) is 6.58. The first-order valence-electron chi connectivity index (χ1n) is 9.62. The van der Waals surface area contributed by atoms with E-state index in [1.807, 2.05) is 0 Å². The van der Waals surface area contributed by atoms with Gasteiger partial charge in [0, 0.05) is 17.8 Å². The Morgan fingerprint density at radius 2 is 1.91 bits per heavy atom. The number of benzene rings is 1. The van der Waals surface area contributed by atoms with Crippen molar-refractivity contribution in [2.45, 2.75) is 4.34 Å². The maximum Gasteiger partial charge on any atom is 0.279 e. The lowest BCUT2D eigenvalue weighted by atomic mass is 10.2. The standard InChI is InChI=1S/C20H15N5O6S2/c26-17(21-11-3-4-14-15(8-11)30-7-6-29-14)10-32-20-24-23-19(33-20)22-18(27)12-9-16(31-25-12)13-2-1-5-28-13/h1-5,8-9H,6-7,10H2,(H,21,26)(H,22,23,27). The van der Waals surface area contributed by atoms with Crippen LogP contribution in [-0.2, 0) is 4.79 Å². The van der Waals surface area contributed by atoms with E-state index in [-0.39, 0.29) is 22.5 Å². The SMILES string of the molecule is O=C(CSc1nnc(NC(=O)c2cc(-c3ccco3)on2)s1)Nc1ccc2c(c1)OCCO2. The summed E-state index contributed by atoms with van der Waals surface area (Å²) in [5, 5.41) is 17.3. The molecule has 1 aliphatic rings. The molecule has 33 heavy (non-hydrogen) atoms. The van der Waals surface area contributed by atoms with Gasteiger partial charge < -0.3 is 23.7 Å². The number of nitrogens with one attached hydrogen (secondary N) is 2. The number of aromatic nitrogens is 3. The normalized spacial score (nSPS) is 12.4. The van der Waals surface area contributed by atoms with Crippen molar-refractivity contribution < 1.29 is 28.0 Å². The molecule has 168 valence electrons. The summed E-state index contributed by atoms with van der Waals surface area (Å²) in [6, 6.07) is 10.1. The molecule has 0 radical (unpaired) electrons. The molecular formula is C20H15N5O6S2. The van der Waals surface area contributed by atoms with Gasteiger partial charge in [-0.3, -0.25) is 14.9 Å². The fourth-order valence-electron chi connectivity index (χ4n) is 2.84. The van der Waals surface area contributed by atoms with E-state index in [2.05, 4.69) is 26.0 Å². The van der Waals surface area contributed by atoms with Crippen molar-refractivity contribution in [3.63, 3.8) is 0 Å². The minimum absolute atomic E-state index is 0.0737. The molecule has 1 aromatic carbocycles. The number of carbonyl (C=O) groups excluding carboxylic acids is 2. The van der Waals surface area contributed by atoms with Crippen molar-refractivity contribution >= 4 is 45.7 Å². The number of hydrogen-bond acceptors (Lipinski definition) is 11. The van der Waals surface area contributed by atoms with Crippen LogP contribution in [0.1, 0.15) is 10.5 Å². The largest absolute Gasteiger partial charge is 0.486 e. The van der Waals surface area contributed by atoms with Gasteiger partial charge in [-0.05, 0) is 24.3 Å². The van der Waals surface area contributed by atoms with E-state index in [1.165, 1.54) is 24.1 Å². The quantitative estimate of drug-likeness (QED) is 0.295. The molecule has 0 saturated carbocycles. The molecule has 1 aliphatic heterocycles. The van der Waals surface area contributed by atoms with Crippen molar-refractivity contribution in [2.75, 3.05) is 29.6 Å². The fraction of sp³-hybridized carbons (Fsp3) is 0.150. The first-order chi connectivity index (χ1) is 16.1. The third-order valence-electron chi connectivity index (χ3n) is 4.29. The molecule has 2 amide bonds. The number of thioether (sulfide) groups is 1. The Kier molecular flexibility index (Phi) is 5.95. The lowest BCUT2D eigenvalue weighted by molar-refractivity contribution is -0.113. The summed E-state index contributed by atoms with van der Waals surface area (Å²) in [5.41, 5.74) is 0.682. The molecule has 0 fully saturated rings. The predicted molar refractivity (Wildman–Crippen MR) is 119 cm³/mol. The van der Waals surface area contributed by atoms with Gasteiger partial charge in [0.25, 0.3) is 5.91 Å². The number of ether oxygens (including phenoxy) is 2. The number of anilines is 2. The average Bonchev–Trinajstić information content (AvgIpc) is 3.59. The van der Waals surface area contributed by atoms with Crippen LogP contribution in [0, 0.1) is 0 Å². The molecule has 11 nitrogen and oxygen atoms in total.